The molecule has 49 heavy (non-hydrogen) atoms. The van der Waals surface area contributed by atoms with Crippen LogP contribution >= 0.6 is 35.0 Å². The number of hydrogen-bond donors (Lipinski definition) is 4. The van der Waals surface area contributed by atoms with E-state index in [9.17, 15) is 22.8 Å². The van der Waals surface area contributed by atoms with Crippen molar-refractivity contribution < 1.29 is 22.8 Å². The number of rotatable bonds is 11. The summed E-state index contributed by atoms with van der Waals surface area (Å²) in [6, 6.07) is 35.0. The topological polar surface area (TPSA) is 147 Å². The van der Waals surface area contributed by atoms with Crippen LogP contribution in [0.2, 0.25) is 10.0 Å². The highest BCUT2D eigenvalue weighted by atomic mass is 35.5. The zero-order valence-electron chi connectivity index (χ0n) is 25.5. The number of nitrogens with two attached hydrogens (primary N) is 1. The fourth-order valence-corrected chi connectivity index (χ4v) is 6.42. The average Bonchev–Trinajstić information content (AvgIpc) is 3.10. The molecule has 0 aliphatic heterocycles. The number of primary sulfonamides is 1. The highest BCUT2D eigenvalue weighted by molar-refractivity contribution is 8.00. The third-order valence-corrected chi connectivity index (χ3v) is 10.00. The van der Waals surface area contributed by atoms with Crippen LogP contribution in [0.5, 0.6) is 0 Å². The van der Waals surface area contributed by atoms with Gasteiger partial charge in [-0.1, -0.05) is 83.9 Å². The molecular formula is C36H28Cl2N4O5S2. The summed E-state index contributed by atoms with van der Waals surface area (Å²) >= 11 is 13.8. The van der Waals surface area contributed by atoms with Gasteiger partial charge >= 0.3 is 0 Å². The van der Waals surface area contributed by atoms with Crippen LogP contribution in [0.4, 0.5) is 11.4 Å². The molecule has 0 aromatic heterocycles. The Morgan fingerprint density at radius 1 is 0.714 bits per heavy atom. The number of sulfonamides is 1. The van der Waals surface area contributed by atoms with Crippen molar-refractivity contribution in [3.05, 3.63) is 160 Å². The average molecular weight is 732 g/mol. The number of hydrogen-bond acceptors (Lipinski definition) is 6. The van der Waals surface area contributed by atoms with Crippen molar-refractivity contribution in [2.45, 2.75) is 15.0 Å². The summed E-state index contributed by atoms with van der Waals surface area (Å²) in [6.45, 7) is 0. The van der Waals surface area contributed by atoms with Crippen molar-refractivity contribution in [2.24, 2.45) is 5.14 Å². The first-order chi connectivity index (χ1) is 23.5. The van der Waals surface area contributed by atoms with Crippen molar-refractivity contribution in [3.63, 3.8) is 0 Å². The second-order valence-electron chi connectivity index (χ2n) is 10.5. The van der Waals surface area contributed by atoms with E-state index in [-0.39, 0.29) is 21.5 Å². The molecule has 0 heterocycles. The fourth-order valence-electron chi connectivity index (χ4n) is 4.52. The summed E-state index contributed by atoms with van der Waals surface area (Å²) in [4.78, 5) is 40.6. The maximum Gasteiger partial charge on any atom is 0.272 e. The number of halogens is 2. The van der Waals surface area contributed by atoms with Crippen LogP contribution in [0.3, 0.4) is 0 Å². The lowest BCUT2D eigenvalue weighted by Gasteiger charge is -2.18. The smallest absolute Gasteiger partial charge is 0.272 e. The fraction of sp³-hybridized carbons (Fsp3) is 0.0278. The van der Waals surface area contributed by atoms with E-state index in [0.29, 0.717) is 27.5 Å². The molecule has 0 aliphatic rings. The highest BCUT2D eigenvalue weighted by Crippen LogP contribution is 2.37. The van der Waals surface area contributed by atoms with E-state index in [2.05, 4.69) is 16.0 Å². The summed E-state index contributed by atoms with van der Waals surface area (Å²) in [5.41, 5.74) is 2.31. The molecule has 0 radical (unpaired) electrons. The molecule has 9 nitrogen and oxygen atoms in total. The Morgan fingerprint density at radius 3 is 1.94 bits per heavy atom. The van der Waals surface area contributed by atoms with Gasteiger partial charge in [0.1, 0.15) is 10.9 Å². The zero-order chi connectivity index (χ0) is 35.0. The molecule has 5 rings (SSSR count). The number of carbonyl (C=O) groups is 3. The van der Waals surface area contributed by atoms with Gasteiger partial charge in [0, 0.05) is 21.8 Å². The molecule has 5 N–H and O–H groups in total. The van der Waals surface area contributed by atoms with E-state index < -0.39 is 27.1 Å². The molecule has 5 aromatic rings. The molecule has 13 heteroatoms. The van der Waals surface area contributed by atoms with E-state index in [1.165, 1.54) is 42.1 Å². The van der Waals surface area contributed by atoms with Gasteiger partial charge in [0.05, 0.1) is 14.9 Å². The lowest BCUT2D eigenvalue weighted by atomic mass is 10.1. The minimum Gasteiger partial charge on any atom is -0.325 e. The normalized spacial score (nSPS) is 12.1. The maximum atomic E-state index is 13.5. The quantitative estimate of drug-likeness (QED) is 0.0817. The van der Waals surface area contributed by atoms with Gasteiger partial charge in [-0.3, -0.25) is 14.4 Å². The molecule has 3 amide bonds. The molecule has 0 saturated carbocycles. The van der Waals surface area contributed by atoms with Crippen LogP contribution in [0.25, 0.3) is 6.08 Å². The van der Waals surface area contributed by atoms with Gasteiger partial charge in [0.2, 0.25) is 15.9 Å². The summed E-state index contributed by atoms with van der Waals surface area (Å²) < 4.78 is 23.2. The molecule has 0 spiro atoms. The van der Waals surface area contributed by atoms with Crippen LogP contribution in [-0.2, 0) is 19.6 Å². The molecule has 1 atom stereocenters. The lowest BCUT2D eigenvalue weighted by Crippen LogP contribution is -2.30. The SMILES string of the molecule is NS(=O)(=O)c1ccc(NC(=O)C(Sc2ccc(NC(=O)/C(=C/c3cccc(Cl)c3Cl)NC(=O)c3ccccc3)cc2)c2ccccc2)cc1. The molecule has 0 bridgehead atoms. The molecule has 248 valence electrons. The summed E-state index contributed by atoms with van der Waals surface area (Å²) in [7, 11) is -3.87. The lowest BCUT2D eigenvalue weighted by molar-refractivity contribution is -0.116. The zero-order valence-corrected chi connectivity index (χ0v) is 28.6. The molecule has 0 fully saturated rings. The number of benzene rings is 5. The Morgan fingerprint density at radius 2 is 1.31 bits per heavy atom. The third-order valence-electron chi connectivity index (χ3n) is 6.97. The molecule has 0 saturated heterocycles. The minimum absolute atomic E-state index is 0.0608. The van der Waals surface area contributed by atoms with Crippen LogP contribution in [0, 0.1) is 0 Å². The summed E-state index contributed by atoms with van der Waals surface area (Å²) in [5.74, 6) is -1.42. The second-order valence-corrected chi connectivity index (χ2v) is 14.0. The first kappa shape index (κ1) is 35.4. The number of thioether (sulfide) groups is 1. The van der Waals surface area contributed by atoms with Crippen LogP contribution in [0.1, 0.15) is 26.7 Å². The van der Waals surface area contributed by atoms with Gasteiger partial charge in [-0.25, -0.2) is 13.6 Å². The Bertz CT molecular complexity index is 2110. The van der Waals surface area contributed by atoms with Gasteiger partial charge in [-0.2, -0.15) is 0 Å². The van der Waals surface area contributed by atoms with Crippen LogP contribution < -0.4 is 21.1 Å². The van der Waals surface area contributed by atoms with E-state index in [0.717, 1.165) is 10.5 Å². The second kappa shape index (κ2) is 16.0. The third kappa shape index (κ3) is 9.59. The highest BCUT2D eigenvalue weighted by Gasteiger charge is 2.23. The predicted octanol–water partition coefficient (Wildman–Crippen LogP) is 7.52. The molecule has 5 aromatic carbocycles. The number of anilines is 2. The van der Waals surface area contributed by atoms with Crippen molar-refractivity contribution in [1.29, 1.82) is 0 Å². The van der Waals surface area contributed by atoms with Gasteiger partial charge < -0.3 is 16.0 Å². The maximum absolute atomic E-state index is 13.5. The first-order valence-electron chi connectivity index (χ1n) is 14.6. The van der Waals surface area contributed by atoms with Crippen LogP contribution in [-0.4, -0.2) is 26.1 Å². The number of amides is 3. The Balaban J connectivity index is 1.34. The van der Waals surface area contributed by atoms with Crippen molar-refractivity contribution in [2.75, 3.05) is 10.6 Å². The van der Waals surface area contributed by atoms with E-state index >= 15 is 0 Å². The molecule has 0 aliphatic carbocycles. The predicted molar refractivity (Wildman–Crippen MR) is 195 cm³/mol. The summed E-state index contributed by atoms with van der Waals surface area (Å²) in [5, 5.41) is 13.3. The van der Waals surface area contributed by atoms with Gasteiger partial charge in [0.25, 0.3) is 11.8 Å². The monoisotopic (exact) mass is 730 g/mol. The largest absolute Gasteiger partial charge is 0.325 e. The van der Waals surface area contributed by atoms with E-state index in [1.807, 2.05) is 30.3 Å². The standard InChI is InChI=1S/C36H28Cl2N4O5S2/c37-30-13-7-12-25(32(30)38)22-31(42-34(43)24-10-5-2-6-11-24)35(44)40-26-14-18-28(19-15-26)48-33(23-8-3-1-4-9-23)36(45)41-27-16-20-29(21-17-27)49(39,46)47/h1-22,33H,(H,40,44)(H,41,45)(H,42,43)(H2,39,46,47)/b31-22-. The van der Waals surface area contributed by atoms with Gasteiger partial charge in [0.15, 0.2) is 0 Å². The summed E-state index contributed by atoms with van der Waals surface area (Å²) in [6.07, 6.45) is 1.44. The van der Waals surface area contributed by atoms with Crippen molar-refractivity contribution in [1.82, 2.24) is 5.32 Å². The Kier molecular flexibility index (Phi) is 11.6. The van der Waals surface area contributed by atoms with Gasteiger partial charge in [-0.05, 0) is 83.9 Å². The Hall–Kier alpha value is -4.91. The van der Waals surface area contributed by atoms with Crippen LogP contribution in [0.15, 0.2) is 143 Å². The van der Waals surface area contributed by atoms with Crippen molar-refractivity contribution in [3.8, 4) is 0 Å². The Labute approximate surface area is 297 Å². The molecular weight excluding hydrogens is 703 g/mol. The van der Waals surface area contributed by atoms with E-state index in [1.54, 1.807) is 72.8 Å². The molecule has 1 unspecified atom stereocenters. The first-order valence-corrected chi connectivity index (χ1v) is 17.7. The number of nitrogens with one attached hydrogen (secondary N) is 3. The van der Waals surface area contributed by atoms with E-state index in [4.69, 9.17) is 28.3 Å². The number of carbonyl (C=O) groups excluding carboxylic acids is 3. The minimum atomic E-state index is -3.87. The van der Waals surface area contributed by atoms with Gasteiger partial charge in [-0.15, -0.1) is 11.8 Å². The van der Waals surface area contributed by atoms with Crippen molar-refractivity contribution >= 4 is 80.2 Å².